The predicted octanol–water partition coefficient (Wildman–Crippen LogP) is 3.98. The maximum atomic E-state index is 4.15. The van der Waals surface area contributed by atoms with Gasteiger partial charge in [0.05, 0.1) is 0 Å². The standard InChI is InChI=1S/C17H29N/c1-17(2)5-3-4-15(17)18-16-13-7-11-6-12(9-13)10-14(16)8-11/h11-16,18H,3-10H2,1-2H3. The average molecular weight is 247 g/mol. The summed E-state index contributed by atoms with van der Waals surface area (Å²) < 4.78 is 0. The van der Waals surface area contributed by atoms with E-state index in [9.17, 15) is 0 Å². The van der Waals surface area contributed by atoms with Gasteiger partial charge in [0.25, 0.3) is 0 Å². The highest BCUT2D eigenvalue weighted by Gasteiger charge is 2.49. The second kappa shape index (κ2) is 3.98. The Morgan fingerprint density at radius 3 is 2.00 bits per heavy atom. The van der Waals surface area contributed by atoms with Crippen LogP contribution in [-0.4, -0.2) is 12.1 Å². The van der Waals surface area contributed by atoms with Gasteiger partial charge < -0.3 is 5.32 Å². The van der Waals surface area contributed by atoms with Crippen LogP contribution in [-0.2, 0) is 0 Å². The minimum Gasteiger partial charge on any atom is -0.310 e. The lowest BCUT2D eigenvalue weighted by Gasteiger charge is -2.55. The van der Waals surface area contributed by atoms with Crippen LogP contribution in [0.2, 0.25) is 0 Å². The highest BCUT2D eigenvalue weighted by atomic mass is 15.0. The highest BCUT2D eigenvalue weighted by Crippen LogP contribution is 2.54. The fourth-order valence-corrected chi connectivity index (χ4v) is 6.07. The maximum absolute atomic E-state index is 4.15. The first-order chi connectivity index (χ1) is 8.62. The Labute approximate surface area is 112 Å². The quantitative estimate of drug-likeness (QED) is 0.778. The molecule has 5 fully saturated rings. The molecule has 5 rings (SSSR count). The fourth-order valence-electron chi connectivity index (χ4n) is 6.07. The third-order valence-electron chi connectivity index (χ3n) is 6.88. The van der Waals surface area contributed by atoms with Crippen LogP contribution in [0.25, 0.3) is 0 Å². The number of nitrogens with one attached hydrogen (secondary N) is 1. The monoisotopic (exact) mass is 247 g/mol. The summed E-state index contributed by atoms with van der Waals surface area (Å²) in [6.45, 7) is 4.96. The van der Waals surface area contributed by atoms with Crippen LogP contribution in [0.1, 0.15) is 65.2 Å². The molecule has 1 heteroatoms. The second-order valence-corrected chi connectivity index (χ2v) is 8.56. The second-order valence-electron chi connectivity index (χ2n) is 8.56. The van der Waals surface area contributed by atoms with Crippen molar-refractivity contribution >= 4 is 0 Å². The van der Waals surface area contributed by atoms with Crippen LogP contribution < -0.4 is 5.32 Å². The van der Waals surface area contributed by atoms with Crippen molar-refractivity contribution in [2.75, 3.05) is 0 Å². The van der Waals surface area contributed by atoms with Crippen molar-refractivity contribution in [3.63, 3.8) is 0 Å². The molecule has 0 spiro atoms. The first-order valence-corrected chi connectivity index (χ1v) is 8.38. The van der Waals surface area contributed by atoms with Gasteiger partial charge in [0.2, 0.25) is 0 Å². The smallest absolute Gasteiger partial charge is 0.0127 e. The van der Waals surface area contributed by atoms with Crippen LogP contribution in [0, 0.1) is 29.1 Å². The van der Waals surface area contributed by atoms with Crippen molar-refractivity contribution in [3.05, 3.63) is 0 Å². The predicted molar refractivity (Wildman–Crippen MR) is 75.4 cm³/mol. The summed E-state index contributed by atoms with van der Waals surface area (Å²) in [6.07, 6.45) is 12.1. The molecule has 0 saturated heterocycles. The van der Waals surface area contributed by atoms with E-state index in [2.05, 4.69) is 19.2 Å². The Morgan fingerprint density at radius 1 is 0.889 bits per heavy atom. The van der Waals surface area contributed by atoms with E-state index in [0.717, 1.165) is 35.8 Å². The largest absolute Gasteiger partial charge is 0.310 e. The fraction of sp³-hybridized carbons (Fsp3) is 1.00. The molecule has 0 radical (unpaired) electrons. The van der Waals surface area contributed by atoms with Crippen LogP contribution in [0.15, 0.2) is 0 Å². The third-order valence-corrected chi connectivity index (χ3v) is 6.88. The van der Waals surface area contributed by atoms with Gasteiger partial charge in [-0.05, 0) is 74.0 Å². The molecule has 102 valence electrons. The van der Waals surface area contributed by atoms with Gasteiger partial charge in [0.15, 0.2) is 0 Å². The van der Waals surface area contributed by atoms with Gasteiger partial charge in [-0.25, -0.2) is 0 Å². The van der Waals surface area contributed by atoms with Crippen LogP contribution in [0.3, 0.4) is 0 Å². The van der Waals surface area contributed by atoms with E-state index in [-0.39, 0.29) is 0 Å². The lowest BCUT2D eigenvalue weighted by Crippen LogP contribution is -2.58. The molecule has 0 aromatic heterocycles. The molecule has 5 aliphatic carbocycles. The summed E-state index contributed by atoms with van der Waals surface area (Å²) in [7, 11) is 0. The molecule has 5 saturated carbocycles. The van der Waals surface area contributed by atoms with Crippen molar-refractivity contribution in [2.45, 2.75) is 77.3 Å². The molecule has 1 unspecified atom stereocenters. The SMILES string of the molecule is CC1(C)CCCC1NC1C2CC3CC(C2)CC1C3. The van der Waals surface area contributed by atoms with Gasteiger partial charge in [-0.1, -0.05) is 20.3 Å². The number of rotatable bonds is 2. The highest BCUT2D eigenvalue weighted by molar-refractivity contribution is 5.03. The Bertz CT molecular complexity index is 305. The summed E-state index contributed by atoms with van der Waals surface area (Å²) >= 11 is 0. The number of hydrogen-bond donors (Lipinski definition) is 1. The van der Waals surface area contributed by atoms with E-state index < -0.39 is 0 Å². The average Bonchev–Trinajstić information content (AvgIpc) is 2.62. The third kappa shape index (κ3) is 1.77. The zero-order valence-corrected chi connectivity index (χ0v) is 12.1. The maximum Gasteiger partial charge on any atom is 0.0127 e. The molecule has 0 amide bonds. The van der Waals surface area contributed by atoms with Gasteiger partial charge in [-0.15, -0.1) is 0 Å². The Hall–Kier alpha value is -0.0400. The minimum absolute atomic E-state index is 0.550. The van der Waals surface area contributed by atoms with E-state index in [1.165, 1.54) is 19.3 Å². The minimum atomic E-state index is 0.550. The molecule has 18 heavy (non-hydrogen) atoms. The molecular formula is C17H29N. The topological polar surface area (TPSA) is 12.0 Å². The van der Waals surface area contributed by atoms with Crippen LogP contribution in [0.4, 0.5) is 0 Å². The lowest BCUT2D eigenvalue weighted by molar-refractivity contribution is -0.0218. The lowest BCUT2D eigenvalue weighted by atomic mass is 9.54. The first kappa shape index (κ1) is 11.8. The van der Waals surface area contributed by atoms with Crippen molar-refractivity contribution in [1.82, 2.24) is 5.32 Å². The van der Waals surface area contributed by atoms with Crippen LogP contribution >= 0.6 is 0 Å². The van der Waals surface area contributed by atoms with Crippen molar-refractivity contribution in [2.24, 2.45) is 29.1 Å². The van der Waals surface area contributed by atoms with E-state index in [4.69, 9.17) is 0 Å². The molecule has 1 atom stereocenters. The first-order valence-electron chi connectivity index (χ1n) is 8.38. The summed E-state index contributed by atoms with van der Waals surface area (Å²) in [6, 6.07) is 1.69. The molecule has 1 N–H and O–H groups in total. The van der Waals surface area contributed by atoms with Gasteiger partial charge in [-0.2, -0.15) is 0 Å². The Morgan fingerprint density at radius 2 is 1.50 bits per heavy atom. The van der Waals surface area contributed by atoms with Gasteiger partial charge in [-0.3, -0.25) is 0 Å². The van der Waals surface area contributed by atoms with Crippen molar-refractivity contribution in [3.8, 4) is 0 Å². The molecule has 4 bridgehead atoms. The molecule has 0 aliphatic heterocycles. The molecule has 1 nitrogen and oxygen atoms in total. The molecule has 0 heterocycles. The molecule has 0 aromatic rings. The van der Waals surface area contributed by atoms with Crippen LogP contribution in [0.5, 0.6) is 0 Å². The van der Waals surface area contributed by atoms with E-state index >= 15 is 0 Å². The summed E-state index contributed by atoms with van der Waals surface area (Å²) in [5.41, 5.74) is 0.550. The van der Waals surface area contributed by atoms with E-state index in [0.29, 0.717) is 5.41 Å². The number of hydrogen-bond acceptors (Lipinski definition) is 1. The van der Waals surface area contributed by atoms with Crippen molar-refractivity contribution < 1.29 is 0 Å². The van der Waals surface area contributed by atoms with E-state index in [1.807, 2.05) is 0 Å². The molecule has 0 aromatic carbocycles. The molecule has 5 aliphatic rings. The van der Waals surface area contributed by atoms with Gasteiger partial charge in [0.1, 0.15) is 0 Å². The normalized spacial score (nSPS) is 53.0. The van der Waals surface area contributed by atoms with Crippen molar-refractivity contribution in [1.29, 1.82) is 0 Å². The van der Waals surface area contributed by atoms with E-state index in [1.54, 1.807) is 32.1 Å². The zero-order valence-electron chi connectivity index (χ0n) is 12.1. The molecular weight excluding hydrogens is 218 g/mol. The summed E-state index contributed by atoms with van der Waals surface area (Å²) in [5, 5.41) is 4.15. The van der Waals surface area contributed by atoms with Gasteiger partial charge >= 0.3 is 0 Å². The Kier molecular flexibility index (Phi) is 2.60. The Balaban J connectivity index is 1.49. The summed E-state index contributed by atoms with van der Waals surface area (Å²) in [5.74, 6) is 4.31. The van der Waals surface area contributed by atoms with Gasteiger partial charge in [0, 0.05) is 12.1 Å². The summed E-state index contributed by atoms with van der Waals surface area (Å²) in [4.78, 5) is 0. The zero-order chi connectivity index (χ0) is 12.3.